The Morgan fingerprint density at radius 3 is 1.83 bits per heavy atom. The molecule has 5 nitrogen and oxygen atoms in total. The molecule has 6 heteroatoms. The lowest BCUT2D eigenvalue weighted by atomic mass is 9.77. The second kappa shape index (κ2) is 9.06. The smallest absolute Gasteiger partial charge is 0.150 e. The Morgan fingerprint density at radius 2 is 1.31 bits per heavy atom. The van der Waals surface area contributed by atoms with E-state index in [0.29, 0.717) is 5.75 Å². The molecular formula is C30H24N4OS. The van der Waals surface area contributed by atoms with Crippen molar-refractivity contribution in [1.29, 1.82) is 0 Å². The average Bonchev–Trinajstić information content (AvgIpc) is 3.56. The van der Waals surface area contributed by atoms with Gasteiger partial charge in [-0.2, -0.15) is 5.10 Å². The second-order valence-electron chi connectivity index (χ2n) is 8.62. The highest BCUT2D eigenvalue weighted by molar-refractivity contribution is 7.78. The Labute approximate surface area is 215 Å². The number of ether oxygens (including phenoxy) is 1. The highest BCUT2D eigenvalue weighted by atomic mass is 32.1. The fourth-order valence-corrected chi connectivity index (χ4v) is 5.27. The van der Waals surface area contributed by atoms with Crippen LogP contribution in [0.2, 0.25) is 0 Å². The van der Waals surface area contributed by atoms with Crippen LogP contribution in [0.25, 0.3) is 22.2 Å². The van der Waals surface area contributed by atoms with Gasteiger partial charge in [-0.3, -0.25) is 8.65 Å². The predicted octanol–water partition coefficient (Wildman–Crippen LogP) is 6.44. The minimum absolute atomic E-state index is 0.669. The van der Waals surface area contributed by atoms with Gasteiger partial charge in [0.1, 0.15) is 11.3 Å². The van der Waals surface area contributed by atoms with Crippen LogP contribution in [-0.4, -0.2) is 25.8 Å². The van der Waals surface area contributed by atoms with E-state index in [2.05, 4.69) is 101 Å². The third-order valence-corrected chi connectivity index (χ3v) is 6.95. The van der Waals surface area contributed by atoms with Crippen LogP contribution < -0.4 is 4.74 Å². The zero-order valence-electron chi connectivity index (χ0n) is 19.7. The Balaban J connectivity index is 1.63. The van der Waals surface area contributed by atoms with Crippen LogP contribution in [0, 0.1) is 0 Å². The van der Waals surface area contributed by atoms with Crippen LogP contribution in [-0.2, 0) is 5.54 Å². The maximum absolute atomic E-state index is 5.44. The zero-order valence-corrected chi connectivity index (χ0v) is 20.6. The second-order valence-corrected chi connectivity index (χ2v) is 9.05. The number of aromatic nitrogens is 4. The van der Waals surface area contributed by atoms with Crippen LogP contribution in [0.15, 0.2) is 122 Å². The van der Waals surface area contributed by atoms with Gasteiger partial charge in [0.05, 0.1) is 19.5 Å². The van der Waals surface area contributed by atoms with E-state index in [1.54, 1.807) is 17.3 Å². The normalized spacial score (nSPS) is 11.6. The van der Waals surface area contributed by atoms with Gasteiger partial charge in [-0.15, -0.1) is 0 Å². The van der Waals surface area contributed by atoms with E-state index in [4.69, 9.17) is 9.84 Å². The average molecular weight is 489 g/mol. The summed E-state index contributed by atoms with van der Waals surface area (Å²) in [7, 11) is 1.65. The molecule has 0 atom stereocenters. The van der Waals surface area contributed by atoms with Gasteiger partial charge in [-0.1, -0.05) is 104 Å². The van der Waals surface area contributed by atoms with Gasteiger partial charge in [0.15, 0.2) is 5.65 Å². The van der Waals surface area contributed by atoms with Crippen LogP contribution >= 0.6 is 12.8 Å². The first-order chi connectivity index (χ1) is 17.7. The van der Waals surface area contributed by atoms with Gasteiger partial charge in [0, 0.05) is 28.9 Å². The van der Waals surface area contributed by atoms with E-state index in [9.17, 15) is 0 Å². The summed E-state index contributed by atoms with van der Waals surface area (Å²) in [5, 5.41) is 5.94. The van der Waals surface area contributed by atoms with E-state index in [1.165, 1.54) is 0 Å². The maximum atomic E-state index is 5.44. The molecule has 0 aliphatic rings. The van der Waals surface area contributed by atoms with Crippen molar-refractivity contribution in [1.82, 2.24) is 18.7 Å². The first-order valence-corrected chi connectivity index (χ1v) is 12.1. The van der Waals surface area contributed by atoms with Crippen molar-refractivity contribution in [3.05, 3.63) is 139 Å². The van der Waals surface area contributed by atoms with Gasteiger partial charge in [0.25, 0.3) is 0 Å². The standard InChI is InChI=1S/C30H24N4OS/c1-35-26-17-27-28(21-33(36)29(27)31-19-26)22-18-32-34(20-22)30(23-11-5-2-6-12-23,24-13-7-3-8-14-24)25-15-9-4-10-16-25/h2-21,36H,1H3. The largest absolute Gasteiger partial charge is 0.495 e. The molecule has 0 aliphatic carbocycles. The van der Waals surface area contributed by atoms with Crippen molar-refractivity contribution in [3.8, 4) is 16.9 Å². The lowest BCUT2D eigenvalue weighted by Gasteiger charge is -2.36. The molecule has 0 saturated carbocycles. The molecule has 0 N–H and O–H groups in total. The number of fused-ring (bicyclic) bond motifs is 1. The Kier molecular flexibility index (Phi) is 5.58. The zero-order chi connectivity index (χ0) is 24.5. The highest BCUT2D eigenvalue weighted by Crippen LogP contribution is 2.41. The SMILES string of the molecule is COc1cnc2c(c1)c(-c1cnn(C(c3ccccc3)(c3ccccc3)c3ccccc3)c1)cn2S. The minimum Gasteiger partial charge on any atom is -0.495 e. The van der Waals surface area contributed by atoms with Gasteiger partial charge in [0.2, 0.25) is 0 Å². The number of benzene rings is 3. The summed E-state index contributed by atoms with van der Waals surface area (Å²) in [6.07, 6.45) is 7.69. The molecule has 6 rings (SSSR count). The van der Waals surface area contributed by atoms with E-state index in [-0.39, 0.29) is 0 Å². The quantitative estimate of drug-likeness (QED) is 0.217. The Morgan fingerprint density at radius 1 is 0.750 bits per heavy atom. The molecule has 3 aromatic carbocycles. The molecule has 3 aromatic heterocycles. The predicted molar refractivity (Wildman–Crippen MR) is 146 cm³/mol. The topological polar surface area (TPSA) is 44.9 Å². The molecule has 0 bridgehead atoms. The first kappa shape index (κ1) is 22.2. The highest BCUT2D eigenvalue weighted by Gasteiger charge is 2.39. The molecular weight excluding hydrogens is 464 g/mol. The number of hydrogen-bond donors (Lipinski definition) is 1. The van der Waals surface area contributed by atoms with Crippen molar-refractivity contribution >= 4 is 23.8 Å². The summed E-state index contributed by atoms with van der Waals surface area (Å²) in [4.78, 5) is 4.53. The van der Waals surface area contributed by atoms with E-state index >= 15 is 0 Å². The lowest BCUT2D eigenvalue weighted by Crippen LogP contribution is -2.38. The summed E-state index contributed by atoms with van der Waals surface area (Å²) in [6, 6.07) is 33.5. The van der Waals surface area contributed by atoms with E-state index in [1.807, 2.05) is 36.7 Å². The van der Waals surface area contributed by atoms with Crippen molar-refractivity contribution in [3.63, 3.8) is 0 Å². The summed E-state index contributed by atoms with van der Waals surface area (Å²) >= 11 is 4.61. The lowest BCUT2D eigenvalue weighted by molar-refractivity contribution is 0.413. The third kappa shape index (κ3) is 3.49. The van der Waals surface area contributed by atoms with Crippen LogP contribution in [0.5, 0.6) is 5.75 Å². The Hall–Kier alpha value is -4.29. The van der Waals surface area contributed by atoms with Crippen molar-refractivity contribution in [2.75, 3.05) is 7.11 Å². The molecule has 0 fully saturated rings. The monoisotopic (exact) mass is 488 g/mol. The van der Waals surface area contributed by atoms with Crippen molar-refractivity contribution in [2.24, 2.45) is 0 Å². The maximum Gasteiger partial charge on any atom is 0.150 e. The van der Waals surface area contributed by atoms with E-state index in [0.717, 1.165) is 38.9 Å². The Bertz CT molecular complexity index is 1530. The third-order valence-electron chi connectivity index (χ3n) is 6.65. The van der Waals surface area contributed by atoms with Crippen LogP contribution in [0.1, 0.15) is 16.7 Å². The molecule has 0 amide bonds. The number of pyridine rings is 1. The number of thiol groups is 1. The minimum atomic E-state index is -0.669. The fraction of sp³-hybridized carbons (Fsp3) is 0.0667. The van der Waals surface area contributed by atoms with Crippen LogP contribution in [0.3, 0.4) is 0 Å². The summed E-state index contributed by atoms with van der Waals surface area (Å²) < 4.78 is 9.24. The van der Waals surface area contributed by atoms with Crippen molar-refractivity contribution < 1.29 is 4.74 Å². The van der Waals surface area contributed by atoms with Crippen molar-refractivity contribution in [2.45, 2.75) is 5.54 Å². The molecule has 36 heavy (non-hydrogen) atoms. The fourth-order valence-electron chi connectivity index (χ4n) is 4.99. The summed E-state index contributed by atoms with van der Waals surface area (Å²) in [5.74, 6) is 0.697. The molecule has 0 saturated heterocycles. The molecule has 6 aromatic rings. The number of hydrogen-bond acceptors (Lipinski definition) is 4. The number of rotatable bonds is 6. The van der Waals surface area contributed by atoms with Gasteiger partial charge in [-0.25, -0.2) is 4.98 Å². The number of nitrogens with zero attached hydrogens (tertiary/aromatic N) is 4. The summed E-state index contributed by atoms with van der Waals surface area (Å²) in [5.41, 5.74) is 5.42. The number of methoxy groups -OCH3 is 1. The molecule has 0 aliphatic heterocycles. The molecule has 3 heterocycles. The van der Waals surface area contributed by atoms with Gasteiger partial charge < -0.3 is 4.74 Å². The molecule has 0 spiro atoms. The van der Waals surface area contributed by atoms with E-state index < -0.39 is 5.54 Å². The first-order valence-electron chi connectivity index (χ1n) is 11.7. The molecule has 0 radical (unpaired) electrons. The van der Waals surface area contributed by atoms with Gasteiger partial charge >= 0.3 is 0 Å². The summed E-state index contributed by atoms with van der Waals surface area (Å²) in [6.45, 7) is 0. The van der Waals surface area contributed by atoms with Crippen LogP contribution in [0.4, 0.5) is 0 Å². The molecule has 176 valence electrons. The van der Waals surface area contributed by atoms with Gasteiger partial charge in [-0.05, 0) is 22.8 Å². The molecule has 0 unspecified atom stereocenters.